The predicted molar refractivity (Wildman–Crippen MR) is 92.8 cm³/mol. The smallest absolute Gasteiger partial charge is 0.243 e. The zero-order valence-electron chi connectivity index (χ0n) is 13.8. The summed E-state index contributed by atoms with van der Waals surface area (Å²) in [7, 11) is -3.28. The Morgan fingerprint density at radius 2 is 1.52 bits per heavy atom. The Kier molecular flexibility index (Phi) is 5.72. The summed E-state index contributed by atoms with van der Waals surface area (Å²) in [5.41, 5.74) is 1.16. The molecule has 2 fully saturated rings. The first kappa shape index (κ1) is 16.9. The van der Waals surface area contributed by atoms with E-state index in [1.54, 1.807) is 16.4 Å². The fourth-order valence-corrected chi connectivity index (χ4v) is 5.12. The van der Waals surface area contributed by atoms with Gasteiger partial charge in [0, 0.05) is 25.7 Å². The third kappa shape index (κ3) is 4.34. The molecule has 3 rings (SSSR count). The predicted octanol–water partition coefficient (Wildman–Crippen LogP) is 3.28. The Morgan fingerprint density at radius 3 is 2.13 bits per heavy atom. The van der Waals surface area contributed by atoms with E-state index < -0.39 is 10.0 Å². The normalized spacial score (nSPS) is 21.4. The quantitative estimate of drug-likeness (QED) is 0.840. The molecule has 1 aromatic rings. The molecule has 0 bridgehead atoms. The van der Waals surface area contributed by atoms with E-state index in [1.165, 1.54) is 38.5 Å². The first-order valence-corrected chi connectivity index (χ1v) is 10.4. The van der Waals surface area contributed by atoms with Gasteiger partial charge in [0.05, 0.1) is 4.90 Å². The van der Waals surface area contributed by atoms with Gasteiger partial charge in [-0.05, 0) is 43.4 Å². The second-order valence-corrected chi connectivity index (χ2v) is 8.76. The van der Waals surface area contributed by atoms with Crippen molar-refractivity contribution in [3.05, 3.63) is 29.8 Å². The highest BCUT2D eigenvalue weighted by atomic mass is 32.2. The fourth-order valence-electron chi connectivity index (χ4n) is 3.60. The number of hydrogen-bond donors (Lipinski definition) is 1. The van der Waals surface area contributed by atoms with Crippen molar-refractivity contribution >= 4 is 10.0 Å². The molecule has 1 N–H and O–H groups in total. The van der Waals surface area contributed by atoms with Gasteiger partial charge in [-0.25, -0.2) is 8.42 Å². The number of nitrogens with one attached hydrogen (secondary N) is 1. The lowest BCUT2D eigenvalue weighted by molar-refractivity contribution is 0.459. The molecule has 5 heteroatoms. The van der Waals surface area contributed by atoms with Gasteiger partial charge in [0.15, 0.2) is 0 Å². The average Bonchev–Trinajstić information content (AvgIpc) is 2.99. The van der Waals surface area contributed by atoms with Gasteiger partial charge >= 0.3 is 0 Å². The van der Waals surface area contributed by atoms with Gasteiger partial charge in [-0.3, -0.25) is 0 Å². The zero-order valence-corrected chi connectivity index (χ0v) is 14.7. The molecular formula is C18H28N2O2S. The maximum atomic E-state index is 12.5. The molecule has 0 unspecified atom stereocenters. The molecular weight excluding hydrogens is 308 g/mol. The van der Waals surface area contributed by atoms with E-state index in [1.807, 2.05) is 12.1 Å². The van der Waals surface area contributed by atoms with Crippen LogP contribution in [0.2, 0.25) is 0 Å². The van der Waals surface area contributed by atoms with Crippen molar-refractivity contribution in [2.24, 2.45) is 0 Å². The minimum atomic E-state index is -3.28. The third-order valence-electron chi connectivity index (χ3n) is 5.08. The number of nitrogens with zero attached hydrogens (tertiary/aromatic N) is 1. The SMILES string of the molecule is O=S(=O)(c1ccc(CNC2CCCCCC2)cc1)N1CCCC1. The topological polar surface area (TPSA) is 49.4 Å². The van der Waals surface area contributed by atoms with Crippen LogP contribution in [0, 0.1) is 0 Å². The lowest BCUT2D eigenvalue weighted by Crippen LogP contribution is -2.28. The molecule has 0 atom stereocenters. The van der Waals surface area contributed by atoms with Crippen LogP contribution >= 0.6 is 0 Å². The van der Waals surface area contributed by atoms with Crippen molar-refractivity contribution in [2.45, 2.75) is 68.8 Å². The van der Waals surface area contributed by atoms with E-state index >= 15 is 0 Å². The molecule has 0 amide bonds. The molecule has 23 heavy (non-hydrogen) atoms. The molecule has 1 aliphatic heterocycles. The minimum Gasteiger partial charge on any atom is -0.310 e. The van der Waals surface area contributed by atoms with E-state index in [0.29, 0.717) is 24.0 Å². The summed E-state index contributed by atoms with van der Waals surface area (Å²) in [5, 5.41) is 3.63. The highest BCUT2D eigenvalue weighted by molar-refractivity contribution is 7.89. The van der Waals surface area contributed by atoms with Crippen molar-refractivity contribution in [1.82, 2.24) is 9.62 Å². The van der Waals surface area contributed by atoms with Crippen molar-refractivity contribution in [1.29, 1.82) is 0 Å². The van der Waals surface area contributed by atoms with Crippen molar-refractivity contribution in [3.63, 3.8) is 0 Å². The molecule has 1 heterocycles. The lowest BCUT2D eigenvalue weighted by Gasteiger charge is -2.17. The summed E-state index contributed by atoms with van der Waals surface area (Å²) in [5.74, 6) is 0. The van der Waals surface area contributed by atoms with Crippen LogP contribution in [-0.2, 0) is 16.6 Å². The average molecular weight is 337 g/mol. The van der Waals surface area contributed by atoms with E-state index in [0.717, 1.165) is 24.9 Å². The highest BCUT2D eigenvalue weighted by Crippen LogP contribution is 2.21. The first-order valence-electron chi connectivity index (χ1n) is 8.99. The van der Waals surface area contributed by atoms with Crippen LogP contribution in [0.3, 0.4) is 0 Å². The maximum Gasteiger partial charge on any atom is 0.243 e. The number of hydrogen-bond acceptors (Lipinski definition) is 3. The summed E-state index contributed by atoms with van der Waals surface area (Å²) in [6.45, 7) is 2.15. The number of benzene rings is 1. The van der Waals surface area contributed by atoms with E-state index in [-0.39, 0.29) is 0 Å². The second-order valence-electron chi connectivity index (χ2n) is 6.82. The third-order valence-corrected chi connectivity index (χ3v) is 6.99. The van der Waals surface area contributed by atoms with Gasteiger partial charge in [-0.15, -0.1) is 0 Å². The highest BCUT2D eigenvalue weighted by Gasteiger charge is 2.26. The lowest BCUT2D eigenvalue weighted by atomic mass is 10.1. The van der Waals surface area contributed by atoms with Crippen molar-refractivity contribution in [2.75, 3.05) is 13.1 Å². The Labute approximate surface area is 140 Å². The number of rotatable bonds is 5. The molecule has 0 spiro atoms. The molecule has 1 saturated carbocycles. The van der Waals surface area contributed by atoms with Crippen LogP contribution in [0.4, 0.5) is 0 Å². The largest absolute Gasteiger partial charge is 0.310 e. The Bertz CT molecular complexity index is 584. The standard InChI is InChI=1S/C18H28N2O2S/c21-23(22,20-13-5-6-14-20)18-11-9-16(10-12-18)15-19-17-7-3-1-2-4-8-17/h9-12,17,19H,1-8,13-15H2. The van der Waals surface area contributed by atoms with Gasteiger partial charge in [-0.2, -0.15) is 4.31 Å². The molecule has 1 saturated heterocycles. The fraction of sp³-hybridized carbons (Fsp3) is 0.667. The van der Waals surface area contributed by atoms with Crippen LogP contribution in [0.25, 0.3) is 0 Å². The van der Waals surface area contributed by atoms with Gasteiger partial charge < -0.3 is 5.32 Å². The van der Waals surface area contributed by atoms with Crippen molar-refractivity contribution < 1.29 is 8.42 Å². The van der Waals surface area contributed by atoms with Crippen LogP contribution in [0.15, 0.2) is 29.2 Å². The molecule has 0 aromatic heterocycles. The minimum absolute atomic E-state index is 0.428. The van der Waals surface area contributed by atoms with Gasteiger partial charge in [0.2, 0.25) is 10.0 Å². The zero-order chi connectivity index (χ0) is 16.1. The maximum absolute atomic E-state index is 12.5. The van der Waals surface area contributed by atoms with Gasteiger partial charge in [0.25, 0.3) is 0 Å². The second kappa shape index (κ2) is 7.77. The summed E-state index contributed by atoms with van der Waals surface area (Å²) in [4.78, 5) is 0.428. The summed E-state index contributed by atoms with van der Waals surface area (Å²) in [6, 6.07) is 8.04. The van der Waals surface area contributed by atoms with E-state index in [9.17, 15) is 8.42 Å². The Hall–Kier alpha value is -0.910. The monoisotopic (exact) mass is 336 g/mol. The molecule has 2 aliphatic rings. The van der Waals surface area contributed by atoms with Crippen LogP contribution < -0.4 is 5.32 Å². The summed E-state index contributed by atoms with van der Waals surface area (Å²) < 4.78 is 26.6. The molecule has 4 nitrogen and oxygen atoms in total. The van der Waals surface area contributed by atoms with Gasteiger partial charge in [-0.1, -0.05) is 37.8 Å². The van der Waals surface area contributed by atoms with Crippen LogP contribution in [0.1, 0.15) is 56.9 Å². The first-order chi connectivity index (χ1) is 11.2. The van der Waals surface area contributed by atoms with Gasteiger partial charge in [0.1, 0.15) is 0 Å². The van der Waals surface area contributed by atoms with E-state index in [2.05, 4.69) is 5.32 Å². The Morgan fingerprint density at radius 1 is 0.913 bits per heavy atom. The summed E-state index contributed by atoms with van der Waals surface area (Å²) in [6.07, 6.45) is 9.85. The molecule has 1 aromatic carbocycles. The van der Waals surface area contributed by atoms with Crippen LogP contribution in [-0.4, -0.2) is 31.9 Å². The molecule has 1 aliphatic carbocycles. The number of sulfonamides is 1. The summed E-state index contributed by atoms with van der Waals surface area (Å²) >= 11 is 0. The molecule has 0 radical (unpaired) electrons. The Balaban J connectivity index is 1.58. The van der Waals surface area contributed by atoms with Crippen LogP contribution in [0.5, 0.6) is 0 Å². The molecule has 128 valence electrons. The van der Waals surface area contributed by atoms with E-state index in [4.69, 9.17) is 0 Å². The van der Waals surface area contributed by atoms with Crippen molar-refractivity contribution in [3.8, 4) is 0 Å².